The van der Waals surface area contributed by atoms with E-state index in [1.54, 1.807) is 19.2 Å². The fourth-order valence-corrected chi connectivity index (χ4v) is 3.26. The number of nitrogens with one attached hydrogen (secondary N) is 2. The summed E-state index contributed by atoms with van der Waals surface area (Å²) in [7, 11) is 1.69. The van der Waals surface area contributed by atoms with Gasteiger partial charge in [0.25, 0.3) is 5.69 Å². The lowest BCUT2D eigenvalue weighted by atomic mass is 9.78. The van der Waals surface area contributed by atoms with Gasteiger partial charge in [0.2, 0.25) is 5.91 Å². The van der Waals surface area contributed by atoms with Gasteiger partial charge in [0.15, 0.2) is 0 Å². The van der Waals surface area contributed by atoms with Crippen LogP contribution >= 0.6 is 12.4 Å². The van der Waals surface area contributed by atoms with Crippen molar-refractivity contribution in [3.63, 3.8) is 0 Å². The van der Waals surface area contributed by atoms with E-state index in [-0.39, 0.29) is 29.4 Å². The lowest BCUT2D eigenvalue weighted by Crippen LogP contribution is -2.50. The number of nitro groups is 1. The number of carbonyl (C=O) groups excluding carboxylic acids is 1. The zero-order valence-corrected chi connectivity index (χ0v) is 16.4. The molecule has 1 saturated heterocycles. The number of ether oxygens (including phenoxy) is 1. The van der Waals surface area contributed by atoms with Crippen LogP contribution in [0.15, 0.2) is 24.3 Å². The number of non-ortho nitro benzene ring substituents is 1. The third kappa shape index (κ3) is 5.16. The molecule has 0 saturated carbocycles. The van der Waals surface area contributed by atoms with Crippen molar-refractivity contribution in [1.82, 2.24) is 10.6 Å². The van der Waals surface area contributed by atoms with Crippen molar-refractivity contribution >= 4 is 24.0 Å². The van der Waals surface area contributed by atoms with E-state index in [1.807, 2.05) is 13.8 Å². The molecule has 1 aromatic carbocycles. The van der Waals surface area contributed by atoms with E-state index in [0.717, 1.165) is 31.5 Å². The maximum atomic E-state index is 12.8. The molecule has 0 atom stereocenters. The number of rotatable bonds is 7. The van der Waals surface area contributed by atoms with Crippen LogP contribution in [0, 0.1) is 15.5 Å². The molecule has 1 aliphatic heterocycles. The van der Waals surface area contributed by atoms with Gasteiger partial charge in [0.1, 0.15) is 0 Å². The van der Waals surface area contributed by atoms with Crippen molar-refractivity contribution < 1.29 is 14.5 Å². The van der Waals surface area contributed by atoms with Crippen molar-refractivity contribution in [2.75, 3.05) is 33.4 Å². The van der Waals surface area contributed by atoms with Gasteiger partial charge in [-0.05, 0) is 45.3 Å². The molecule has 1 aromatic rings. The van der Waals surface area contributed by atoms with E-state index in [0.29, 0.717) is 13.2 Å². The van der Waals surface area contributed by atoms with Gasteiger partial charge in [-0.15, -0.1) is 12.4 Å². The highest BCUT2D eigenvalue weighted by Crippen LogP contribution is 2.30. The minimum absolute atomic E-state index is 0. The highest BCUT2D eigenvalue weighted by atomic mass is 35.5. The molecule has 2 N–H and O–H groups in total. The van der Waals surface area contributed by atoms with Crippen LogP contribution < -0.4 is 10.6 Å². The van der Waals surface area contributed by atoms with Crippen molar-refractivity contribution in [2.24, 2.45) is 5.41 Å². The predicted molar refractivity (Wildman–Crippen MR) is 103 cm³/mol. The first kappa shape index (κ1) is 22.3. The summed E-state index contributed by atoms with van der Waals surface area (Å²) >= 11 is 0. The van der Waals surface area contributed by atoms with Crippen LogP contribution in [0.5, 0.6) is 0 Å². The lowest BCUT2D eigenvalue weighted by molar-refractivity contribution is -0.384. The van der Waals surface area contributed by atoms with Crippen molar-refractivity contribution in [3.05, 3.63) is 39.9 Å². The summed E-state index contributed by atoms with van der Waals surface area (Å²) in [5.74, 6) is -0.0876. The topological polar surface area (TPSA) is 93.5 Å². The molecule has 0 spiro atoms. The summed E-state index contributed by atoms with van der Waals surface area (Å²) < 4.78 is 5.38. The number of nitro benzene ring substituents is 1. The maximum absolute atomic E-state index is 12.8. The molecular weight excluding hydrogens is 358 g/mol. The minimum atomic E-state index is -0.768. The van der Waals surface area contributed by atoms with E-state index in [2.05, 4.69) is 10.6 Å². The van der Waals surface area contributed by atoms with Crippen LogP contribution in [0.1, 0.15) is 32.3 Å². The number of amides is 1. The molecule has 0 radical (unpaired) electrons. The molecular formula is C18H28ClN3O4. The van der Waals surface area contributed by atoms with Crippen LogP contribution in [0.2, 0.25) is 0 Å². The Hall–Kier alpha value is -1.70. The number of nitrogens with zero attached hydrogens (tertiary/aromatic N) is 1. The minimum Gasteiger partial charge on any atom is -0.384 e. The van der Waals surface area contributed by atoms with Crippen molar-refractivity contribution in [3.8, 4) is 0 Å². The molecule has 26 heavy (non-hydrogen) atoms. The van der Waals surface area contributed by atoms with E-state index >= 15 is 0 Å². The number of hydrogen-bond acceptors (Lipinski definition) is 5. The molecule has 1 heterocycles. The second-order valence-corrected chi connectivity index (χ2v) is 7.29. The van der Waals surface area contributed by atoms with Gasteiger partial charge in [0, 0.05) is 31.2 Å². The quantitative estimate of drug-likeness (QED) is 0.555. The Bertz CT molecular complexity index is 608. The Morgan fingerprint density at radius 2 is 1.88 bits per heavy atom. The summed E-state index contributed by atoms with van der Waals surface area (Å²) in [6.07, 6.45) is 1.91. The molecule has 7 nitrogen and oxygen atoms in total. The van der Waals surface area contributed by atoms with Gasteiger partial charge in [-0.25, -0.2) is 0 Å². The Morgan fingerprint density at radius 3 is 2.38 bits per heavy atom. The van der Waals surface area contributed by atoms with Crippen molar-refractivity contribution in [2.45, 2.75) is 32.1 Å². The van der Waals surface area contributed by atoms with Gasteiger partial charge in [0.05, 0.1) is 16.9 Å². The molecule has 1 fully saturated rings. The van der Waals surface area contributed by atoms with Gasteiger partial charge >= 0.3 is 0 Å². The van der Waals surface area contributed by atoms with E-state index in [1.165, 1.54) is 12.1 Å². The highest BCUT2D eigenvalue weighted by molar-refractivity contribution is 5.87. The first-order chi connectivity index (χ1) is 11.8. The standard InChI is InChI=1S/C18H27N3O4.ClH/c1-17(2,14-4-6-15(7-5-14)21(23)24)16(22)20-12-18(13-25-3)8-10-19-11-9-18;/h4-7,19H,8-13H2,1-3H3,(H,20,22);1H. The third-order valence-corrected chi connectivity index (χ3v) is 5.11. The SMILES string of the molecule is COCC1(CNC(=O)C(C)(C)c2ccc([N+](=O)[O-])cc2)CCNCC1.Cl. The number of piperidine rings is 1. The largest absolute Gasteiger partial charge is 0.384 e. The highest BCUT2D eigenvalue weighted by Gasteiger charge is 2.35. The number of methoxy groups -OCH3 is 1. The normalized spacial score (nSPS) is 16.4. The number of carbonyl (C=O) groups is 1. The number of hydrogen-bond donors (Lipinski definition) is 2. The Kier molecular flexibility index (Phi) is 7.99. The van der Waals surface area contributed by atoms with Gasteiger partial charge in [-0.2, -0.15) is 0 Å². The number of benzene rings is 1. The first-order valence-electron chi connectivity index (χ1n) is 8.54. The average molecular weight is 386 g/mol. The molecule has 0 unspecified atom stereocenters. The van der Waals surface area contributed by atoms with Gasteiger partial charge < -0.3 is 15.4 Å². The summed E-state index contributed by atoms with van der Waals surface area (Å²) in [5, 5.41) is 17.2. The zero-order valence-electron chi connectivity index (χ0n) is 15.5. The molecule has 0 aromatic heterocycles. The molecule has 1 aliphatic rings. The average Bonchev–Trinajstić information content (AvgIpc) is 2.61. The van der Waals surface area contributed by atoms with Crippen LogP contribution in [0.25, 0.3) is 0 Å². The predicted octanol–water partition coefficient (Wildman–Crippen LogP) is 2.43. The zero-order chi connectivity index (χ0) is 18.5. The summed E-state index contributed by atoms with van der Waals surface area (Å²) in [6, 6.07) is 6.16. The van der Waals surface area contributed by atoms with Crippen LogP contribution in [-0.2, 0) is 14.9 Å². The Balaban J connectivity index is 0.00000338. The molecule has 2 rings (SSSR count). The Labute approximate surface area is 160 Å². The summed E-state index contributed by atoms with van der Waals surface area (Å²) in [4.78, 5) is 23.1. The van der Waals surface area contributed by atoms with Crippen LogP contribution in [-0.4, -0.2) is 44.2 Å². The lowest BCUT2D eigenvalue weighted by Gasteiger charge is -2.38. The van der Waals surface area contributed by atoms with Crippen LogP contribution in [0.3, 0.4) is 0 Å². The van der Waals surface area contributed by atoms with E-state index in [4.69, 9.17) is 4.74 Å². The molecule has 0 aliphatic carbocycles. The monoisotopic (exact) mass is 385 g/mol. The maximum Gasteiger partial charge on any atom is 0.269 e. The van der Waals surface area contributed by atoms with E-state index in [9.17, 15) is 14.9 Å². The second-order valence-electron chi connectivity index (χ2n) is 7.29. The fraction of sp³-hybridized carbons (Fsp3) is 0.611. The van der Waals surface area contributed by atoms with Crippen LogP contribution in [0.4, 0.5) is 5.69 Å². The summed E-state index contributed by atoms with van der Waals surface area (Å²) in [6.45, 7) is 6.68. The molecule has 1 amide bonds. The van der Waals surface area contributed by atoms with Gasteiger partial charge in [-0.3, -0.25) is 14.9 Å². The first-order valence-corrected chi connectivity index (χ1v) is 8.54. The molecule has 0 bridgehead atoms. The van der Waals surface area contributed by atoms with Crippen molar-refractivity contribution in [1.29, 1.82) is 0 Å². The summed E-state index contributed by atoms with van der Waals surface area (Å²) in [5.41, 5.74) is -0.0345. The Morgan fingerprint density at radius 1 is 1.31 bits per heavy atom. The molecule has 146 valence electrons. The fourth-order valence-electron chi connectivity index (χ4n) is 3.26. The number of halogens is 1. The smallest absolute Gasteiger partial charge is 0.269 e. The third-order valence-electron chi connectivity index (χ3n) is 5.11. The molecule has 8 heteroatoms. The van der Waals surface area contributed by atoms with E-state index < -0.39 is 10.3 Å². The van der Waals surface area contributed by atoms with Gasteiger partial charge in [-0.1, -0.05) is 12.1 Å². The second kappa shape index (κ2) is 9.30.